The van der Waals surface area contributed by atoms with Gasteiger partial charge in [-0.25, -0.2) is 0 Å². The highest BCUT2D eigenvalue weighted by molar-refractivity contribution is 5.16. The van der Waals surface area contributed by atoms with Crippen LogP contribution in [-0.4, -0.2) is 11.4 Å². The molecule has 2 heterocycles. The maximum atomic E-state index is 5.62. The third-order valence-electron chi connectivity index (χ3n) is 2.82. The minimum atomic E-state index is 0.445. The summed E-state index contributed by atoms with van der Waals surface area (Å²) in [7, 11) is 0. The lowest BCUT2D eigenvalue weighted by Crippen LogP contribution is -2.22. The summed E-state index contributed by atoms with van der Waals surface area (Å²) in [5.74, 6) is 1.84. The van der Waals surface area contributed by atoms with Crippen molar-refractivity contribution < 1.29 is 8.83 Å². The summed E-state index contributed by atoms with van der Waals surface area (Å²) in [6, 6.07) is 5.88. The first kappa shape index (κ1) is 12.0. The molecule has 2 rings (SSSR count). The maximum absolute atomic E-state index is 5.62. The van der Waals surface area contributed by atoms with Crippen LogP contribution in [0.25, 0.3) is 0 Å². The molecule has 2 aromatic heterocycles. The van der Waals surface area contributed by atoms with Gasteiger partial charge in [0.15, 0.2) is 0 Å². The first-order valence-electron chi connectivity index (χ1n) is 5.83. The van der Waals surface area contributed by atoms with E-state index < -0.39 is 0 Å². The van der Waals surface area contributed by atoms with E-state index >= 15 is 0 Å². The van der Waals surface area contributed by atoms with E-state index in [-0.39, 0.29) is 0 Å². The molecular formula is C13H18N2O2. The second kappa shape index (κ2) is 5.70. The fourth-order valence-electron chi connectivity index (χ4n) is 1.83. The minimum Gasteiger partial charge on any atom is -0.468 e. The maximum Gasteiger partial charge on any atom is 0.121 e. The molecule has 0 spiro atoms. The van der Waals surface area contributed by atoms with Crippen LogP contribution in [-0.2, 0) is 19.6 Å². The van der Waals surface area contributed by atoms with Crippen molar-refractivity contribution in [3.63, 3.8) is 0 Å². The fourth-order valence-corrected chi connectivity index (χ4v) is 1.83. The molecule has 2 aromatic rings. The molecule has 0 saturated carbocycles. The van der Waals surface area contributed by atoms with E-state index in [0.717, 1.165) is 36.7 Å². The number of rotatable bonds is 6. The largest absolute Gasteiger partial charge is 0.468 e. The van der Waals surface area contributed by atoms with E-state index in [2.05, 4.69) is 11.8 Å². The number of hydrogen-bond donors (Lipinski definition) is 1. The Morgan fingerprint density at radius 3 is 2.71 bits per heavy atom. The molecule has 0 radical (unpaired) electrons. The van der Waals surface area contributed by atoms with Crippen molar-refractivity contribution in [2.75, 3.05) is 6.54 Å². The predicted octanol–water partition coefficient (Wildman–Crippen LogP) is 2.35. The fraction of sp³-hybridized carbons (Fsp3) is 0.385. The lowest BCUT2D eigenvalue weighted by atomic mass is 10.2. The van der Waals surface area contributed by atoms with E-state index in [9.17, 15) is 0 Å². The summed E-state index contributed by atoms with van der Waals surface area (Å²) in [5, 5.41) is 0. The summed E-state index contributed by atoms with van der Waals surface area (Å²) >= 11 is 0. The van der Waals surface area contributed by atoms with Crippen molar-refractivity contribution >= 4 is 0 Å². The zero-order valence-electron chi connectivity index (χ0n) is 10.1. The molecule has 0 aliphatic rings. The van der Waals surface area contributed by atoms with Gasteiger partial charge in [-0.2, -0.15) is 0 Å². The van der Waals surface area contributed by atoms with E-state index in [1.807, 2.05) is 18.2 Å². The number of hydrogen-bond acceptors (Lipinski definition) is 4. The van der Waals surface area contributed by atoms with Gasteiger partial charge in [0, 0.05) is 12.1 Å². The van der Waals surface area contributed by atoms with Gasteiger partial charge < -0.3 is 14.6 Å². The topological polar surface area (TPSA) is 55.5 Å². The van der Waals surface area contributed by atoms with Crippen molar-refractivity contribution in [1.82, 2.24) is 4.90 Å². The molecule has 2 N–H and O–H groups in total. The van der Waals surface area contributed by atoms with Gasteiger partial charge in [-0.3, -0.25) is 4.90 Å². The van der Waals surface area contributed by atoms with Crippen LogP contribution in [0, 0.1) is 0 Å². The predicted molar refractivity (Wildman–Crippen MR) is 65.1 cm³/mol. The van der Waals surface area contributed by atoms with Gasteiger partial charge in [-0.05, 0) is 24.7 Å². The Labute approximate surface area is 101 Å². The molecule has 0 aliphatic carbocycles. The molecule has 0 fully saturated rings. The van der Waals surface area contributed by atoms with Crippen LogP contribution in [0.5, 0.6) is 0 Å². The smallest absolute Gasteiger partial charge is 0.121 e. The van der Waals surface area contributed by atoms with Crippen molar-refractivity contribution in [1.29, 1.82) is 0 Å². The Morgan fingerprint density at radius 2 is 2.06 bits per heavy atom. The normalized spacial score (nSPS) is 11.2. The third-order valence-corrected chi connectivity index (χ3v) is 2.82. The standard InChI is InChI=1S/C13H18N2O2/c1-2-15(10-12-4-3-6-16-12)9-11-5-7-17-13(11)8-14/h3-7H,2,8-10,14H2,1H3. The average Bonchev–Trinajstić information content (AvgIpc) is 2.99. The van der Waals surface area contributed by atoms with Crippen LogP contribution >= 0.6 is 0 Å². The Balaban J connectivity index is 2.00. The lowest BCUT2D eigenvalue weighted by molar-refractivity contribution is 0.246. The Kier molecular flexibility index (Phi) is 4.01. The van der Waals surface area contributed by atoms with Crippen molar-refractivity contribution in [3.05, 3.63) is 47.8 Å². The van der Waals surface area contributed by atoms with Gasteiger partial charge in [0.05, 0.1) is 25.6 Å². The molecule has 0 saturated heterocycles. The van der Waals surface area contributed by atoms with Crippen LogP contribution in [0.2, 0.25) is 0 Å². The summed E-state index contributed by atoms with van der Waals surface area (Å²) in [6.45, 7) is 5.17. The van der Waals surface area contributed by atoms with E-state index in [1.54, 1.807) is 12.5 Å². The monoisotopic (exact) mass is 234 g/mol. The van der Waals surface area contributed by atoms with Crippen LogP contribution in [0.3, 0.4) is 0 Å². The van der Waals surface area contributed by atoms with Gasteiger partial charge in [-0.1, -0.05) is 6.92 Å². The highest BCUT2D eigenvalue weighted by atomic mass is 16.3. The molecule has 0 unspecified atom stereocenters. The van der Waals surface area contributed by atoms with Gasteiger partial charge in [-0.15, -0.1) is 0 Å². The summed E-state index contributed by atoms with van der Waals surface area (Å²) in [6.07, 6.45) is 3.39. The molecule has 4 heteroatoms. The number of furan rings is 2. The second-order valence-electron chi connectivity index (χ2n) is 3.96. The number of nitrogens with zero attached hydrogens (tertiary/aromatic N) is 1. The summed E-state index contributed by atoms with van der Waals surface area (Å²) in [4.78, 5) is 2.28. The van der Waals surface area contributed by atoms with Crippen molar-refractivity contribution in [2.24, 2.45) is 5.73 Å². The molecular weight excluding hydrogens is 216 g/mol. The van der Waals surface area contributed by atoms with E-state index in [1.165, 1.54) is 0 Å². The Bertz CT molecular complexity index is 434. The summed E-state index contributed by atoms with van der Waals surface area (Å²) < 4.78 is 10.7. The first-order valence-corrected chi connectivity index (χ1v) is 5.83. The molecule has 0 atom stereocenters. The van der Waals surface area contributed by atoms with Crippen LogP contribution in [0.4, 0.5) is 0 Å². The van der Waals surface area contributed by atoms with E-state index in [0.29, 0.717) is 6.54 Å². The highest BCUT2D eigenvalue weighted by Crippen LogP contribution is 2.14. The molecule has 17 heavy (non-hydrogen) atoms. The Hall–Kier alpha value is -1.52. The van der Waals surface area contributed by atoms with Gasteiger partial charge in [0.1, 0.15) is 11.5 Å². The zero-order valence-corrected chi connectivity index (χ0v) is 10.1. The van der Waals surface area contributed by atoms with Gasteiger partial charge >= 0.3 is 0 Å². The Morgan fingerprint density at radius 1 is 1.18 bits per heavy atom. The quantitative estimate of drug-likeness (QED) is 0.833. The molecule has 92 valence electrons. The second-order valence-corrected chi connectivity index (χ2v) is 3.96. The SMILES string of the molecule is CCN(Cc1ccco1)Cc1ccoc1CN. The molecule has 0 bridgehead atoms. The molecule has 0 aliphatic heterocycles. The summed E-state index contributed by atoms with van der Waals surface area (Å²) in [5.41, 5.74) is 6.77. The van der Waals surface area contributed by atoms with Crippen molar-refractivity contribution in [3.8, 4) is 0 Å². The zero-order chi connectivity index (χ0) is 12.1. The lowest BCUT2D eigenvalue weighted by Gasteiger charge is -2.18. The van der Waals surface area contributed by atoms with Gasteiger partial charge in [0.25, 0.3) is 0 Å². The van der Waals surface area contributed by atoms with Crippen molar-refractivity contribution in [2.45, 2.75) is 26.6 Å². The number of nitrogens with two attached hydrogens (primary N) is 1. The molecule has 0 amide bonds. The first-order chi connectivity index (χ1) is 8.33. The van der Waals surface area contributed by atoms with Gasteiger partial charge in [0.2, 0.25) is 0 Å². The molecule has 4 nitrogen and oxygen atoms in total. The van der Waals surface area contributed by atoms with E-state index in [4.69, 9.17) is 14.6 Å². The molecule has 0 aromatic carbocycles. The average molecular weight is 234 g/mol. The highest BCUT2D eigenvalue weighted by Gasteiger charge is 2.11. The minimum absolute atomic E-state index is 0.445. The van der Waals surface area contributed by atoms with Crippen LogP contribution in [0.15, 0.2) is 39.6 Å². The van der Waals surface area contributed by atoms with Crippen LogP contribution < -0.4 is 5.73 Å². The van der Waals surface area contributed by atoms with Crippen LogP contribution in [0.1, 0.15) is 24.0 Å². The third kappa shape index (κ3) is 2.99.